The van der Waals surface area contributed by atoms with Gasteiger partial charge in [0.2, 0.25) is 0 Å². The van der Waals surface area contributed by atoms with E-state index in [1.807, 2.05) is 30.3 Å². The van der Waals surface area contributed by atoms with E-state index in [2.05, 4.69) is 29.8 Å². The minimum absolute atomic E-state index is 0.262. The lowest BCUT2D eigenvalue weighted by atomic mass is 9.98. The highest BCUT2D eigenvalue weighted by Gasteiger charge is 2.48. The normalized spacial score (nSPS) is 29.6. The molecule has 0 aromatic heterocycles. The Labute approximate surface area is 195 Å². The molecule has 0 amide bonds. The van der Waals surface area contributed by atoms with Crippen LogP contribution in [0.3, 0.4) is 0 Å². The van der Waals surface area contributed by atoms with Crippen molar-refractivity contribution in [1.29, 1.82) is 0 Å². The maximum atomic E-state index is 10.5. The summed E-state index contributed by atoms with van der Waals surface area (Å²) < 4.78 is 25.2. The van der Waals surface area contributed by atoms with Gasteiger partial charge in [-0.1, -0.05) is 65.6 Å². The van der Waals surface area contributed by atoms with E-state index in [1.54, 1.807) is 12.1 Å². The molecule has 6 nitrogen and oxygen atoms in total. The van der Waals surface area contributed by atoms with Crippen molar-refractivity contribution in [3.8, 4) is 0 Å². The molecule has 0 spiro atoms. The summed E-state index contributed by atoms with van der Waals surface area (Å²) in [6.45, 7) is 4.06. The predicted molar refractivity (Wildman–Crippen MR) is 119 cm³/mol. The molecule has 2 fully saturated rings. The summed E-state index contributed by atoms with van der Waals surface area (Å²) in [5.41, 5.74) is 2.79. The summed E-state index contributed by atoms with van der Waals surface area (Å²) in [6, 6.07) is 13.1. The van der Waals surface area contributed by atoms with Crippen LogP contribution in [0.4, 0.5) is 0 Å². The van der Waals surface area contributed by atoms with Crippen LogP contribution in [-0.4, -0.2) is 47.8 Å². The number of hydrogen-bond acceptors (Lipinski definition) is 6. The lowest BCUT2D eigenvalue weighted by molar-refractivity contribution is -0.373. The van der Waals surface area contributed by atoms with E-state index in [-0.39, 0.29) is 6.61 Å². The average molecular weight is 514 g/mol. The largest absolute Gasteiger partial charge is 0.394 e. The van der Waals surface area contributed by atoms with E-state index in [4.69, 9.17) is 30.5 Å². The molecule has 0 saturated carbocycles. The van der Waals surface area contributed by atoms with Crippen LogP contribution in [0.25, 0.3) is 0 Å². The first-order chi connectivity index (χ1) is 14.9. The smallest absolute Gasteiger partial charge is 0.185 e. The van der Waals surface area contributed by atoms with Crippen LogP contribution in [0.1, 0.15) is 49.0 Å². The van der Waals surface area contributed by atoms with Gasteiger partial charge < -0.3 is 29.2 Å². The molecule has 2 N–H and O–H groups in total. The molecule has 2 aromatic rings. The number of fused-ring (bicyclic) bond motifs is 1. The van der Waals surface area contributed by atoms with E-state index in [0.29, 0.717) is 10.9 Å². The molecule has 6 atom stereocenters. The maximum Gasteiger partial charge on any atom is 0.185 e. The quantitative estimate of drug-likeness (QED) is 0.614. The zero-order chi connectivity index (χ0) is 22.1. The highest BCUT2D eigenvalue weighted by atomic mass is 79.9. The Morgan fingerprint density at radius 1 is 1.03 bits per heavy atom. The second-order valence-electron chi connectivity index (χ2n) is 8.11. The summed E-state index contributed by atoms with van der Waals surface area (Å²) in [5.74, 6) is 0.370. The van der Waals surface area contributed by atoms with Crippen molar-refractivity contribution in [1.82, 2.24) is 0 Å². The van der Waals surface area contributed by atoms with Gasteiger partial charge in [-0.3, -0.25) is 0 Å². The molecule has 0 radical (unpaired) electrons. The van der Waals surface area contributed by atoms with Crippen molar-refractivity contribution in [2.45, 2.75) is 56.8 Å². The molecule has 2 saturated heterocycles. The highest BCUT2D eigenvalue weighted by Crippen LogP contribution is 2.40. The summed E-state index contributed by atoms with van der Waals surface area (Å²) in [7, 11) is 0. The van der Waals surface area contributed by atoms with Gasteiger partial charge in [0.25, 0.3) is 0 Å². The van der Waals surface area contributed by atoms with Crippen LogP contribution in [0.15, 0.2) is 46.9 Å². The lowest BCUT2D eigenvalue weighted by Gasteiger charge is -2.47. The Balaban J connectivity index is 1.56. The van der Waals surface area contributed by atoms with E-state index in [1.165, 1.54) is 5.56 Å². The Hall–Kier alpha value is -1.03. The Morgan fingerprint density at radius 3 is 2.39 bits per heavy atom. The van der Waals surface area contributed by atoms with Crippen LogP contribution >= 0.6 is 27.5 Å². The number of hydrogen-bond donors (Lipinski definition) is 2. The lowest BCUT2D eigenvalue weighted by Crippen LogP contribution is -2.58. The molecule has 2 unspecified atom stereocenters. The monoisotopic (exact) mass is 512 g/mol. The molecule has 4 rings (SSSR count). The first-order valence-corrected chi connectivity index (χ1v) is 11.5. The standard InChI is InChI=1S/C23H26BrClO6/c1-12(2)16-8-5-14(9-17(16)24)23-29-19-11-28-22(13-3-6-15(25)7-4-13)31-21(19)20(30-23)18(27)10-26/h3-9,12,18-23,26-27H,10-11H2,1-2H3/t18-,19+,20-,21-,22?,23?/m1/s1. The number of halogens is 2. The molecule has 0 bridgehead atoms. The van der Waals surface area contributed by atoms with Crippen LogP contribution in [0.5, 0.6) is 0 Å². The minimum atomic E-state index is -1.12. The van der Waals surface area contributed by atoms with Crippen LogP contribution in [0, 0.1) is 0 Å². The Morgan fingerprint density at radius 2 is 1.74 bits per heavy atom. The van der Waals surface area contributed by atoms with E-state index in [0.717, 1.165) is 15.6 Å². The van der Waals surface area contributed by atoms with Gasteiger partial charge >= 0.3 is 0 Å². The van der Waals surface area contributed by atoms with Crippen molar-refractivity contribution in [2.24, 2.45) is 0 Å². The van der Waals surface area contributed by atoms with E-state index >= 15 is 0 Å². The number of aliphatic hydroxyl groups excluding tert-OH is 2. The molecular weight excluding hydrogens is 488 g/mol. The summed E-state index contributed by atoms with van der Waals surface area (Å²) in [5, 5.41) is 20.7. The SMILES string of the molecule is CC(C)c1ccc(C2O[C@H]([C@H](O)CO)[C@@H]3OC(c4ccc(Cl)cc4)OC[C@@H]3O2)cc1Br. The number of benzene rings is 2. The fourth-order valence-corrected chi connectivity index (χ4v) is 4.87. The van der Waals surface area contributed by atoms with Crippen molar-refractivity contribution < 1.29 is 29.2 Å². The Kier molecular flexibility index (Phi) is 7.35. The molecule has 31 heavy (non-hydrogen) atoms. The number of rotatable bonds is 5. The number of ether oxygens (including phenoxy) is 4. The fourth-order valence-electron chi connectivity index (χ4n) is 3.89. The van der Waals surface area contributed by atoms with Gasteiger partial charge in [-0.25, -0.2) is 0 Å². The molecule has 2 heterocycles. The zero-order valence-corrected chi connectivity index (χ0v) is 19.6. The van der Waals surface area contributed by atoms with Crippen LogP contribution in [-0.2, 0) is 18.9 Å². The van der Waals surface area contributed by atoms with Crippen molar-refractivity contribution in [3.63, 3.8) is 0 Å². The zero-order valence-electron chi connectivity index (χ0n) is 17.3. The van der Waals surface area contributed by atoms with Crippen LogP contribution < -0.4 is 0 Å². The van der Waals surface area contributed by atoms with Gasteiger partial charge in [0, 0.05) is 20.6 Å². The minimum Gasteiger partial charge on any atom is -0.394 e. The molecule has 8 heteroatoms. The summed E-state index contributed by atoms with van der Waals surface area (Å²) >= 11 is 9.59. The third-order valence-corrected chi connectivity index (χ3v) is 6.53. The summed E-state index contributed by atoms with van der Waals surface area (Å²) in [4.78, 5) is 0. The topological polar surface area (TPSA) is 77.4 Å². The maximum absolute atomic E-state index is 10.5. The Bertz CT molecular complexity index is 892. The molecule has 2 aliphatic rings. The van der Waals surface area contributed by atoms with Crippen molar-refractivity contribution in [2.75, 3.05) is 13.2 Å². The number of aliphatic hydroxyl groups is 2. The van der Waals surface area contributed by atoms with Crippen molar-refractivity contribution in [3.05, 3.63) is 68.7 Å². The molecule has 2 aliphatic heterocycles. The second kappa shape index (κ2) is 9.85. The van der Waals surface area contributed by atoms with Crippen molar-refractivity contribution >= 4 is 27.5 Å². The van der Waals surface area contributed by atoms with Gasteiger partial charge in [0.1, 0.15) is 24.4 Å². The second-order valence-corrected chi connectivity index (χ2v) is 9.40. The van der Waals surface area contributed by atoms with Gasteiger partial charge in [-0.15, -0.1) is 0 Å². The van der Waals surface area contributed by atoms with Gasteiger partial charge in [0.15, 0.2) is 12.6 Å². The molecule has 2 aromatic carbocycles. The molecule has 168 valence electrons. The predicted octanol–water partition coefficient (Wildman–Crippen LogP) is 4.48. The van der Waals surface area contributed by atoms with Crippen LogP contribution in [0.2, 0.25) is 5.02 Å². The third-order valence-electron chi connectivity index (χ3n) is 5.59. The van der Waals surface area contributed by atoms with Gasteiger partial charge in [-0.2, -0.15) is 0 Å². The third kappa shape index (κ3) is 4.99. The van der Waals surface area contributed by atoms with Gasteiger partial charge in [-0.05, 0) is 29.7 Å². The first-order valence-electron chi connectivity index (χ1n) is 10.3. The fraction of sp³-hybridized carbons (Fsp3) is 0.478. The molecule has 0 aliphatic carbocycles. The molecular formula is C23H26BrClO6. The highest BCUT2D eigenvalue weighted by molar-refractivity contribution is 9.10. The van der Waals surface area contributed by atoms with Gasteiger partial charge in [0.05, 0.1) is 13.2 Å². The van der Waals surface area contributed by atoms with E-state index < -0.39 is 43.6 Å². The summed E-state index contributed by atoms with van der Waals surface area (Å²) in [6.07, 6.45) is -4.33. The average Bonchev–Trinajstić information content (AvgIpc) is 2.77. The van der Waals surface area contributed by atoms with E-state index in [9.17, 15) is 10.2 Å². The first kappa shape index (κ1) is 23.1.